The molecule has 24 heavy (non-hydrogen) atoms. The number of hydrogen-bond acceptors (Lipinski definition) is 4. The maximum atomic E-state index is 13.9. The topological polar surface area (TPSA) is 48.7 Å². The van der Waals surface area contributed by atoms with Crippen molar-refractivity contribution in [3.05, 3.63) is 54.2 Å². The van der Waals surface area contributed by atoms with Crippen LogP contribution >= 0.6 is 0 Å². The second-order valence-corrected chi connectivity index (χ2v) is 5.94. The third kappa shape index (κ3) is 3.76. The first kappa shape index (κ1) is 16.5. The quantitative estimate of drug-likeness (QED) is 0.914. The molecular weight excluding hydrogens is 309 g/mol. The second-order valence-electron chi connectivity index (χ2n) is 5.94. The van der Waals surface area contributed by atoms with Crippen molar-refractivity contribution in [1.82, 2.24) is 10.2 Å². The molecule has 1 aliphatic heterocycles. The summed E-state index contributed by atoms with van der Waals surface area (Å²) in [4.78, 5) is 15.6. The van der Waals surface area contributed by atoms with Crippen LogP contribution in [0.2, 0.25) is 0 Å². The number of anilines is 1. The zero-order valence-corrected chi connectivity index (χ0v) is 13.7. The minimum atomic E-state index is -0.188. The van der Waals surface area contributed by atoms with E-state index in [9.17, 15) is 9.18 Å². The number of piperazine rings is 1. The number of benzene rings is 1. The molecule has 0 aliphatic carbocycles. The Morgan fingerprint density at radius 3 is 2.58 bits per heavy atom. The number of hydrogen-bond donors (Lipinski definition) is 1. The predicted molar refractivity (Wildman–Crippen MR) is 90.3 cm³/mol. The molecule has 0 radical (unpaired) electrons. The van der Waals surface area contributed by atoms with Crippen LogP contribution in [0.1, 0.15) is 18.7 Å². The van der Waals surface area contributed by atoms with Gasteiger partial charge >= 0.3 is 0 Å². The van der Waals surface area contributed by atoms with Crippen LogP contribution in [-0.2, 0) is 4.79 Å². The van der Waals surface area contributed by atoms with E-state index >= 15 is 0 Å². The lowest BCUT2D eigenvalue weighted by atomic mass is 10.1. The number of nitrogens with one attached hydrogen (secondary N) is 1. The van der Waals surface area contributed by atoms with Gasteiger partial charge < -0.3 is 14.6 Å². The van der Waals surface area contributed by atoms with E-state index in [2.05, 4.69) is 15.1 Å². The Balaban J connectivity index is 1.67. The molecule has 2 heterocycles. The smallest absolute Gasteiger partial charge is 0.216 e. The highest BCUT2D eigenvalue weighted by molar-refractivity contribution is 5.72. The van der Waals surface area contributed by atoms with Gasteiger partial charge in [-0.15, -0.1) is 0 Å². The van der Waals surface area contributed by atoms with E-state index in [0.717, 1.165) is 31.9 Å². The van der Waals surface area contributed by atoms with E-state index < -0.39 is 0 Å². The summed E-state index contributed by atoms with van der Waals surface area (Å²) in [5.74, 6) is 0.589. The van der Waals surface area contributed by atoms with E-state index in [0.29, 0.717) is 12.2 Å². The number of halogens is 1. The van der Waals surface area contributed by atoms with Gasteiger partial charge in [-0.2, -0.15) is 0 Å². The Kier molecular flexibility index (Phi) is 5.15. The fourth-order valence-electron chi connectivity index (χ4n) is 3.11. The Hall–Kier alpha value is -2.34. The first-order valence-electron chi connectivity index (χ1n) is 8.16. The normalized spacial score (nSPS) is 16.8. The molecule has 1 atom stereocenters. The Labute approximate surface area is 141 Å². The van der Waals surface area contributed by atoms with E-state index in [4.69, 9.17) is 4.42 Å². The van der Waals surface area contributed by atoms with Crippen LogP contribution in [-0.4, -0.2) is 43.5 Å². The first-order valence-corrected chi connectivity index (χ1v) is 8.16. The number of rotatable bonds is 5. The first-order chi connectivity index (χ1) is 11.6. The molecular formula is C18H22FN3O2. The molecule has 0 saturated carbocycles. The third-order valence-corrected chi connectivity index (χ3v) is 4.36. The molecule has 6 heteroatoms. The molecule has 2 aromatic rings. The molecule has 1 aromatic carbocycles. The summed E-state index contributed by atoms with van der Waals surface area (Å²) in [7, 11) is 0. The van der Waals surface area contributed by atoms with E-state index in [1.54, 1.807) is 12.3 Å². The molecule has 1 saturated heterocycles. The average molecular weight is 331 g/mol. The molecule has 3 rings (SSSR count). The van der Waals surface area contributed by atoms with Gasteiger partial charge in [0.05, 0.1) is 18.0 Å². The largest absolute Gasteiger partial charge is 0.468 e. The summed E-state index contributed by atoms with van der Waals surface area (Å²) in [6.45, 7) is 5.03. The lowest BCUT2D eigenvalue weighted by molar-refractivity contribution is -0.119. The van der Waals surface area contributed by atoms with Crippen molar-refractivity contribution >= 4 is 11.6 Å². The standard InChI is InChI=1S/C18H22FN3O2/c1-14(23)20-13-17(18-7-4-12-24-18)22-10-8-21(9-11-22)16-6-3-2-5-15(16)19/h2-7,12,17H,8-11,13H2,1H3,(H,20,23)/t17-/m1/s1. The Bertz CT molecular complexity index is 667. The maximum absolute atomic E-state index is 13.9. The number of amides is 1. The highest BCUT2D eigenvalue weighted by Crippen LogP contribution is 2.25. The fourth-order valence-corrected chi connectivity index (χ4v) is 3.11. The molecule has 0 unspecified atom stereocenters. The van der Waals surface area contributed by atoms with Gasteiger partial charge in [0.1, 0.15) is 11.6 Å². The number of nitrogens with zero attached hydrogens (tertiary/aromatic N) is 2. The summed E-state index contributed by atoms with van der Waals surface area (Å²) in [5, 5.41) is 2.87. The number of carbonyl (C=O) groups is 1. The van der Waals surface area contributed by atoms with Crippen molar-refractivity contribution in [2.24, 2.45) is 0 Å². The van der Waals surface area contributed by atoms with Crippen molar-refractivity contribution in [3.8, 4) is 0 Å². The zero-order valence-electron chi connectivity index (χ0n) is 13.7. The third-order valence-electron chi connectivity index (χ3n) is 4.36. The van der Waals surface area contributed by atoms with Crippen molar-refractivity contribution in [1.29, 1.82) is 0 Å². The van der Waals surface area contributed by atoms with Crippen LogP contribution in [0.15, 0.2) is 47.1 Å². The van der Waals surface area contributed by atoms with Gasteiger partial charge in [-0.25, -0.2) is 4.39 Å². The number of para-hydroxylation sites is 1. The summed E-state index contributed by atoms with van der Waals surface area (Å²) in [5.41, 5.74) is 0.647. The van der Waals surface area contributed by atoms with Gasteiger partial charge in [-0.05, 0) is 24.3 Å². The summed E-state index contributed by atoms with van der Waals surface area (Å²) < 4.78 is 19.5. The lowest BCUT2D eigenvalue weighted by Gasteiger charge is -2.39. The Morgan fingerprint density at radius 2 is 1.96 bits per heavy atom. The van der Waals surface area contributed by atoms with Crippen molar-refractivity contribution < 1.29 is 13.6 Å². The van der Waals surface area contributed by atoms with Gasteiger partial charge in [0.25, 0.3) is 0 Å². The van der Waals surface area contributed by atoms with Crippen LogP contribution in [0, 0.1) is 5.82 Å². The van der Waals surface area contributed by atoms with Gasteiger partial charge in [0, 0.05) is 39.6 Å². The molecule has 1 amide bonds. The highest BCUT2D eigenvalue weighted by atomic mass is 19.1. The molecule has 1 aliphatic rings. The molecule has 1 fully saturated rings. The molecule has 1 aromatic heterocycles. The fraction of sp³-hybridized carbons (Fsp3) is 0.389. The van der Waals surface area contributed by atoms with Crippen LogP contribution in [0.25, 0.3) is 0 Å². The summed E-state index contributed by atoms with van der Waals surface area (Å²) in [6, 6.07) is 10.6. The van der Waals surface area contributed by atoms with Crippen molar-refractivity contribution in [3.63, 3.8) is 0 Å². The van der Waals surface area contributed by atoms with Crippen LogP contribution in [0.5, 0.6) is 0 Å². The van der Waals surface area contributed by atoms with Gasteiger partial charge in [-0.3, -0.25) is 9.69 Å². The zero-order chi connectivity index (χ0) is 16.9. The van der Waals surface area contributed by atoms with Crippen LogP contribution in [0.3, 0.4) is 0 Å². The average Bonchev–Trinajstić information content (AvgIpc) is 3.10. The number of carbonyl (C=O) groups excluding carboxylic acids is 1. The minimum absolute atomic E-state index is 0.00771. The maximum Gasteiger partial charge on any atom is 0.216 e. The predicted octanol–water partition coefficient (Wildman–Crippen LogP) is 2.42. The molecule has 0 spiro atoms. The molecule has 1 N–H and O–H groups in total. The number of furan rings is 1. The van der Waals surface area contributed by atoms with Gasteiger partial charge in [0.2, 0.25) is 5.91 Å². The van der Waals surface area contributed by atoms with E-state index in [1.165, 1.54) is 13.0 Å². The van der Waals surface area contributed by atoms with Crippen LogP contribution < -0.4 is 10.2 Å². The van der Waals surface area contributed by atoms with Gasteiger partial charge in [-0.1, -0.05) is 12.1 Å². The Morgan fingerprint density at radius 1 is 1.21 bits per heavy atom. The van der Waals surface area contributed by atoms with Gasteiger partial charge in [0.15, 0.2) is 0 Å². The SMILES string of the molecule is CC(=O)NC[C@H](c1ccco1)N1CCN(c2ccccc2F)CC1. The molecule has 5 nitrogen and oxygen atoms in total. The van der Waals surface area contributed by atoms with Crippen molar-refractivity contribution in [2.75, 3.05) is 37.6 Å². The van der Waals surface area contributed by atoms with Crippen molar-refractivity contribution in [2.45, 2.75) is 13.0 Å². The second kappa shape index (κ2) is 7.49. The molecule has 128 valence electrons. The van der Waals surface area contributed by atoms with E-state index in [-0.39, 0.29) is 17.8 Å². The van der Waals surface area contributed by atoms with Crippen LogP contribution in [0.4, 0.5) is 10.1 Å². The highest BCUT2D eigenvalue weighted by Gasteiger charge is 2.27. The monoisotopic (exact) mass is 331 g/mol. The minimum Gasteiger partial charge on any atom is -0.468 e. The van der Waals surface area contributed by atoms with E-state index in [1.807, 2.05) is 24.3 Å². The summed E-state index contributed by atoms with van der Waals surface area (Å²) >= 11 is 0. The summed E-state index contributed by atoms with van der Waals surface area (Å²) in [6.07, 6.45) is 1.64. The molecule has 0 bridgehead atoms. The lowest BCUT2D eigenvalue weighted by Crippen LogP contribution is -2.50.